The van der Waals surface area contributed by atoms with Crippen LogP contribution in [0.15, 0.2) is 23.1 Å². The molecule has 0 bridgehead atoms. The van der Waals surface area contributed by atoms with Crippen LogP contribution in [0.3, 0.4) is 0 Å². The first-order valence-corrected chi connectivity index (χ1v) is 6.91. The van der Waals surface area contributed by atoms with E-state index in [-0.39, 0.29) is 10.8 Å². The van der Waals surface area contributed by atoms with Crippen LogP contribution in [-0.4, -0.2) is 20.6 Å². The molecule has 0 unspecified atom stereocenters. The topological polar surface area (TPSA) is 63.2 Å². The Bertz CT molecular complexity index is 511. The second kappa shape index (κ2) is 4.84. The molecule has 0 atom stereocenters. The van der Waals surface area contributed by atoms with Crippen molar-refractivity contribution in [1.29, 1.82) is 0 Å². The Morgan fingerprint density at radius 3 is 2.56 bits per heavy atom. The summed E-state index contributed by atoms with van der Waals surface area (Å²) < 4.78 is 22.6. The maximum Gasteiger partial charge on any atom is 0.224 e. The lowest BCUT2D eigenvalue weighted by Gasteiger charge is -2.07. The van der Waals surface area contributed by atoms with Gasteiger partial charge in [0.05, 0.1) is 15.6 Å². The number of halogens is 1. The van der Waals surface area contributed by atoms with Gasteiger partial charge in [-0.15, -0.1) is 0 Å². The first-order valence-electron chi connectivity index (χ1n) is 4.64. The van der Waals surface area contributed by atoms with Crippen molar-refractivity contribution in [3.05, 3.63) is 23.2 Å². The second-order valence-corrected chi connectivity index (χ2v) is 5.74. The predicted molar refractivity (Wildman–Crippen MR) is 63.5 cm³/mol. The Hall–Kier alpha value is -1.07. The SMILES string of the molecule is CCC(=O)Nc1cc(S(C)(=O)=O)ccc1Cl. The molecule has 0 radical (unpaired) electrons. The monoisotopic (exact) mass is 261 g/mol. The van der Waals surface area contributed by atoms with Gasteiger partial charge in [0.25, 0.3) is 0 Å². The summed E-state index contributed by atoms with van der Waals surface area (Å²) in [5, 5.41) is 2.85. The smallest absolute Gasteiger partial charge is 0.224 e. The number of hydrogen-bond donors (Lipinski definition) is 1. The lowest BCUT2D eigenvalue weighted by molar-refractivity contribution is -0.115. The van der Waals surface area contributed by atoms with Crippen LogP contribution in [0, 0.1) is 0 Å². The number of sulfone groups is 1. The molecule has 88 valence electrons. The molecular weight excluding hydrogens is 250 g/mol. The minimum Gasteiger partial charge on any atom is -0.325 e. The van der Waals surface area contributed by atoms with Crippen molar-refractivity contribution in [1.82, 2.24) is 0 Å². The average Bonchev–Trinajstić information content (AvgIpc) is 2.19. The molecule has 0 aliphatic carbocycles. The molecule has 1 rings (SSSR count). The van der Waals surface area contributed by atoms with Crippen LogP contribution in [0.5, 0.6) is 0 Å². The van der Waals surface area contributed by atoms with Gasteiger partial charge in [-0.1, -0.05) is 18.5 Å². The molecule has 1 aromatic rings. The van der Waals surface area contributed by atoms with Gasteiger partial charge in [-0.2, -0.15) is 0 Å². The van der Waals surface area contributed by atoms with Gasteiger partial charge in [-0.25, -0.2) is 8.42 Å². The summed E-state index contributed by atoms with van der Waals surface area (Å²) in [6.07, 6.45) is 1.40. The van der Waals surface area contributed by atoms with Gasteiger partial charge in [0.1, 0.15) is 0 Å². The van der Waals surface area contributed by atoms with E-state index >= 15 is 0 Å². The molecular formula is C10H12ClNO3S. The van der Waals surface area contributed by atoms with Crippen LogP contribution >= 0.6 is 11.6 Å². The van der Waals surface area contributed by atoms with E-state index in [1.165, 1.54) is 18.2 Å². The zero-order valence-electron chi connectivity index (χ0n) is 8.95. The zero-order chi connectivity index (χ0) is 12.3. The predicted octanol–water partition coefficient (Wildman–Crippen LogP) is 2.09. The van der Waals surface area contributed by atoms with Crippen molar-refractivity contribution in [3.63, 3.8) is 0 Å². The van der Waals surface area contributed by atoms with Gasteiger partial charge >= 0.3 is 0 Å². The van der Waals surface area contributed by atoms with Crippen molar-refractivity contribution in [2.45, 2.75) is 18.2 Å². The van der Waals surface area contributed by atoms with Crippen molar-refractivity contribution >= 4 is 33.0 Å². The fourth-order valence-electron chi connectivity index (χ4n) is 1.07. The van der Waals surface area contributed by atoms with Gasteiger partial charge in [0.15, 0.2) is 9.84 Å². The quantitative estimate of drug-likeness (QED) is 0.906. The number of hydrogen-bond acceptors (Lipinski definition) is 3. The molecule has 0 aromatic heterocycles. The molecule has 4 nitrogen and oxygen atoms in total. The third-order valence-corrected chi connectivity index (χ3v) is 3.40. The third kappa shape index (κ3) is 3.21. The van der Waals surface area contributed by atoms with Crippen molar-refractivity contribution in [2.24, 2.45) is 0 Å². The highest BCUT2D eigenvalue weighted by molar-refractivity contribution is 7.90. The highest BCUT2D eigenvalue weighted by atomic mass is 35.5. The normalized spacial score (nSPS) is 11.2. The van der Waals surface area contributed by atoms with Crippen LogP contribution in [0.2, 0.25) is 5.02 Å². The Kier molecular flexibility index (Phi) is 3.93. The van der Waals surface area contributed by atoms with Crippen LogP contribution in [-0.2, 0) is 14.6 Å². The van der Waals surface area contributed by atoms with Crippen LogP contribution < -0.4 is 5.32 Å². The van der Waals surface area contributed by atoms with Gasteiger partial charge < -0.3 is 5.32 Å². The number of nitrogens with one attached hydrogen (secondary N) is 1. The molecule has 1 N–H and O–H groups in total. The molecule has 0 saturated heterocycles. The molecule has 0 saturated carbocycles. The number of carbonyl (C=O) groups is 1. The molecule has 16 heavy (non-hydrogen) atoms. The first kappa shape index (κ1) is 13.0. The molecule has 0 heterocycles. The Labute approximate surface area is 99.5 Å². The van der Waals surface area contributed by atoms with E-state index in [0.717, 1.165) is 6.26 Å². The number of rotatable bonds is 3. The fourth-order valence-corrected chi connectivity index (χ4v) is 1.88. The molecule has 0 fully saturated rings. The first-order chi connectivity index (χ1) is 7.34. The molecule has 0 aliphatic heterocycles. The minimum absolute atomic E-state index is 0.128. The summed E-state index contributed by atoms with van der Waals surface area (Å²) in [5.74, 6) is -0.215. The van der Waals surface area contributed by atoms with Gasteiger partial charge in [0, 0.05) is 12.7 Å². The van der Waals surface area contributed by atoms with E-state index in [1.807, 2.05) is 0 Å². The summed E-state index contributed by atoms with van der Waals surface area (Å²) in [4.78, 5) is 11.3. The molecule has 1 aromatic carbocycles. The van der Waals surface area contributed by atoms with Gasteiger partial charge in [-0.05, 0) is 18.2 Å². The van der Waals surface area contributed by atoms with E-state index in [0.29, 0.717) is 17.1 Å². The average molecular weight is 262 g/mol. The van der Waals surface area contributed by atoms with Crippen molar-refractivity contribution in [3.8, 4) is 0 Å². The molecule has 6 heteroatoms. The van der Waals surface area contributed by atoms with Gasteiger partial charge in [-0.3, -0.25) is 4.79 Å². The van der Waals surface area contributed by atoms with Crippen molar-refractivity contribution in [2.75, 3.05) is 11.6 Å². The summed E-state index contributed by atoms with van der Waals surface area (Å²) in [6.45, 7) is 1.70. The third-order valence-electron chi connectivity index (χ3n) is 1.96. The highest BCUT2D eigenvalue weighted by Crippen LogP contribution is 2.25. The maximum atomic E-state index is 11.3. The number of carbonyl (C=O) groups excluding carboxylic acids is 1. The lowest BCUT2D eigenvalue weighted by atomic mass is 10.3. The fraction of sp³-hybridized carbons (Fsp3) is 0.300. The highest BCUT2D eigenvalue weighted by Gasteiger charge is 2.11. The van der Waals surface area contributed by atoms with Gasteiger partial charge in [0.2, 0.25) is 5.91 Å². The summed E-state index contributed by atoms with van der Waals surface area (Å²) in [7, 11) is -3.29. The number of anilines is 1. The molecule has 0 aliphatic rings. The van der Waals surface area contributed by atoms with Crippen LogP contribution in [0.25, 0.3) is 0 Å². The Morgan fingerprint density at radius 1 is 1.44 bits per heavy atom. The van der Waals surface area contributed by atoms with E-state index in [1.54, 1.807) is 6.92 Å². The lowest BCUT2D eigenvalue weighted by Crippen LogP contribution is -2.10. The second-order valence-electron chi connectivity index (χ2n) is 3.32. The summed E-state index contributed by atoms with van der Waals surface area (Å²) in [6, 6.07) is 4.20. The number of benzene rings is 1. The summed E-state index contributed by atoms with van der Waals surface area (Å²) in [5.41, 5.74) is 0.316. The molecule has 1 amide bonds. The largest absolute Gasteiger partial charge is 0.325 e. The van der Waals surface area contributed by atoms with E-state index in [9.17, 15) is 13.2 Å². The standard InChI is InChI=1S/C10H12ClNO3S/c1-3-10(13)12-9-6-7(16(2,14)15)4-5-8(9)11/h4-6H,3H2,1-2H3,(H,12,13). The number of amides is 1. The van der Waals surface area contributed by atoms with E-state index < -0.39 is 9.84 Å². The van der Waals surface area contributed by atoms with Crippen LogP contribution in [0.1, 0.15) is 13.3 Å². The van der Waals surface area contributed by atoms with Crippen molar-refractivity contribution < 1.29 is 13.2 Å². The Morgan fingerprint density at radius 2 is 2.06 bits per heavy atom. The van der Waals surface area contributed by atoms with Crippen LogP contribution in [0.4, 0.5) is 5.69 Å². The summed E-state index contributed by atoms with van der Waals surface area (Å²) >= 11 is 5.84. The molecule has 0 spiro atoms. The van der Waals surface area contributed by atoms with E-state index in [2.05, 4.69) is 5.32 Å². The Balaban J connectivity index is 3.14. The maximum absolute atomic E-state index is 11.3. The van der Waals surface area contributed by atoms with E-state index in [4.69, 9.17) is 11.6 Å². The minimum atomic E-state index is -3.29. The zero-order valence-corrected chi connectivity index (χ0v) is 10.5.